The van der Waals surface area contributed by atoms with Crippen LogP contribution >= 0.6 is 0 Å². The molecule has 0 amide bonds. The molecule has 2 rings (SSSR count). The van der Waals surface area contributed by atoms with E-state index >= 15 is 0 Å². The van der Waals surface area contributed by atoms with E-state index in [0.717, 1.165) is 12.0 Å². The summed E-state index contributed by atoms with van der Waals surface area (Å²) in [7, 11) is 2.26. The number of hydrogen-bond donors (Lipinski definition) is 1. The third kappa shape index (κ3) is 3.67. The van der Waals surface area contributed by atoms with Crippen LogP contribution in [0.3, 0.4) is 0 Å². The van der Waals surface area contributed by atoms with E-state index in [1.54, 1.807) is 0 Å². The zero-order valence-electron chi connectivity index (χ0n) is 11.8. The summed E-state index contributed by atoms with van der Waals surface area (Å²) in [5.74, 6) is 0.830. The Morgan fingerprint density at radius 3 is 2.65 bits per heavy atom. The lowest BCUT2D eigenvalue weighted by Gasteiger charge is -2.42. The molecule has 3 unspecified atom stereocenters. The minimum atomic E-state index is 0.694. The maximum absolute atomic E-state index is 3.59. The van der Waals surface area contributed by atoms with Crippen molar-refractivity contribution >= 4 is 0 Å². The average Bonchev–Trinajstić information content (AvgIpc) is 2.26. The Labute approximate surface area is 107 Å². The van der Waals surface area contributed by atoms with Crippen LogP contribution in [0.15, 0.2) is 0 Å². The molecule has 0 aromatic rings. The van der Waals surface area contributed by atoms with Crippen LogP contribution in [0.1, 0.15) is 33.1 Å². The second kappa shape index (κ2) is 6.17. The van der Waals surface area contributed by atoms with Crippen LogP contribution in [0.4, 0.5) is 0 Å². The summed E-state index contributed by atoms with van der Waals surface area (Å²) < 4.78 is 0. The molecular formula is C14H29N3. The molecule has 3 atom stereocenters. The van der Waals surface area contributed by atoms with Gasteiger partial charge in [-0.3, -0.25) is 4.90 Å². The van der Waals surface area contributed by atoms with E-state index in [0.29, 0.717) is 6.04 Å². The maximum atomic E-state index is 3.59. The first-order valence-electron chi connectivity index (χ1n) is 7.33. The summed E-state index contributed by atoms with van der Waals surface area (Å²) >= 11 is 0. The van der Waals surface area contributed by atoms with Crippen LogP contribution in [0.25, 0.3) is 0 Å². The highest BCUT2D eigenvalue weighted by molar-refractivity contribution is 4.85. The van der Waals surface area contributed by atoms with Gasteiger partial charge < -0.3 is 10.2 Å². The van der Waals surface area contributed by atoms with Crippen LogP contribution in [0.5, 0.6) is 0 Å². The van der Waals surface area contributed by atoms with Crippen molar-refractivity contribution in [2.24, 2.45) is 5.92 Å². The SMILES string of the molecule is CC1CCN(C2CCN(C)CC2C)CCCN1. The van der Waals surface area contributed by atoms with Gasteiger partial charge in [-0.15, -0.1) is 0 Å². The number of likely N-dealkylation sites (tertiary alicyclic amines) is 1. The van der Waals surface area contributed by atoms with E-state index in [9.17, 15) is 0 Å². The second-order valence-corrected chi connectivity index (χ2v) is 6.13. The van der Waals surface area contributed by atoms with E-state index in [1.807, 2.05) is 0 Å². The monoisotopic (exact) mass is 239 g/mol. The quantitative estimate of drug-likeness (QED) is 0.746. The molecule has 0 aromatic carbocycles. The summed E-state index contributed by atoms with van der Waals surface area (Å²) in [6, 6.07) is 1.52. The minimum Gasteiger partial charge on any atom is -0.314 e. The normalized spacial score (nSPS) is 38.6. The fraction of sp³-hybridized carbons (Fsp3) is 1.00. The van der Waals surface area contributed by atoms with Crippen LogP contribution in [0, 0.1) is 5.92 Å². The Morgan fingerprint density at radius 1 is 1.06 bits per heavy atom. The average molecular weight is 239 g/mol. The molecule has 17 heavy (non-hydrogen) atoms. The lowest BCUT2D eigenvalue weighted by atomic mass is 9.92. The highest BCUT2D eigenvalue weighted by Gasteiger charge is 2.29. The van der Waals surface area contributed by atoms with Gasteiger partial charge in [0.15, 0.2) is 0 Å². The lowest BCUT2D eigenvalue weighted by molar-refractivity contribution is 0.0676. The van der Waals surface area contributed by atoms with Crippen molar-refractivity contribution < 1.29 is 0 Å². The van der Waals surface area contributed by atoms with Crippen LogP contribution in [-0.2, 0) is 0 Å². The van der Waals surface area contributed by atoms with Gasteiger partial charge in [0.05, 0.1) is 0 Å². The van der Waals surface area contributed by atoms with Gasteiger partial charge in [0.2, 0.25) is 0 Å². The van der Waals surface area contributed by atoms with Gasteiger partial charge in [-0.25, -0.2) is 0 Å². The van der Waals surface area contributed by atoms with E-state index < -0.39 is 0 Å². The molecule has 3 nitrogen and oxygen atoms in total. The molecule has 1 N–H and O–H groups in total. The van der Waals surface area contributed by atoms with Crippen molar-refractivity contribution in [1.82, 2.24) is 15.1 Å². The first-order chi connectivity index (χ1) is 8.16. The lowest BCUT2D eigenvalue weighted by Crippen LogP contribution is -2.51. The summed E-state index contributed by atoms with van der Waals surface area (Å²) in [4.78, 5) is 5.25. The molecule has 0 radical (unpaired) electrons. The van der Waals surface area contributed by atoms with E-state index in [4.69, 9.17) is 0 Å². The third-order valence-corrected chi connectivity index (χ3v) is 4.50. The Bertz CT molecular complexity index is 232. The Morgan fingerprint density at radius 2 is 1.88 bits per heavy atom. The van der Waals surface area contributed by atoms with Crippen LogP contribution < -0.4 is 5.32 Å². The zero-order valence-corrected chi connectivity index (χ0v) is 11.8. The van der Waals surface area contributed by atoms with Gasteiger partial charge in [0.1, 0.15) is 0 Å². The number of hydrogen-bond acceptors (Lipinski definition) is 3. The molecule has 100 valence electrons. The van der Waals surface area contributed by atoms with E-state index in [1.165, 1.54) is 52.0 Å². The summed E-state index contributed by atoms with van der Waals surface area (Å²) in [6.07, 6.45) is 3.97. The van der Waals surface area contributed by atoms with Crippen LogP contribution in [-0.4, -0.2) is 61.7 Å². The zero-order chi connectivity index (χ0) is 12.3. The van der Waals surface area contributed by atoms with E-state index in [-0.39, 0.29) is 0 Å². The molecule has 3 heteroatoms. The first kappa shape index (κ1) is 13.3. The molecule has 2 aliphatic heterocycles. The summed E-state index contributed by atoms with van der Waals surface area (Å²) in [6.45, 7) is 11.1. The van der Waals surface area contributed by atoms with Gasteiger partial charge in [0, 0.05) is 18.6 Å². The van der Waals surface area contributed by atoms with Crippen molar-refractivity contribution in [1.29, 1.82) is 0 Å². The number of nitrogens with zero attached hydrogens (tertiary/aromatic N) is 2. The minimum absolute atomic E-state index is 0.694. The third-order valence-electron chi connectivity index (χ3n) is 4.50. The summed E-state index contributed by atoms with van der Waals surface area (Å²) in [5, 5.41) is 3.59. The highest BCUT2D eigenvalue weighted by Crippen LogP contribution is 2.22. The molecule has 2 heterocycles. The Hall–Kier alpha value is -0.120. The molecule has 2 fully saturated rings. The molecular weight excluding hydrogens is 210 g/mol. The van der Waals surface area contributed by atoms with Gasteiger partial charge in [-0.1, -0.05) is 6.92 Å². The maximum Gasteiger partial charge on any atom is 0.0145 e. The first-order valence-corrected chi connectivity index (χ1v) is 7.33. The molecule has 0 aromatic heterocycles. The highest BCUT2D eigenvalue weighted by atomic mass is 15.2. The van der Waals surface area contributed by atoms with Crippen molar-refractivity contribution in [3.8, 4) is 0 Å². The van der Waals surface area contributed by atoms with Gasteiger partial charge in [-0.2, -0.15) is 0 Å². The topological polar surface area (TPSA) is 18.5 Å². The number of rotatable bonds is 1. The van der Waals surface area contributed by atoms with Crippen LogP contribution in [0.2, 0.25) is 0 Å². The van der Waals surface area contributed by atoms with Gasteiger partial charge >= 0.3 is 0 Å². The fourth-order valence-corrected chi connectivity index (χ4v) is 3.42. The molecule has 0 aliphatic carbocycles. The van der Waals surface area contributed by atoms with Crippen molar-refractivity contribution in [2.75, 3.05) is 39.8 Å². The molecule has 0 saturated carbocycles. The number of piperidine rings is 1. The molecule has 0 spiro atoms. The van der Waals surface area contributed by atoms with Gasteiger partial charge in [-0.05, 0) is 65.3 Å². The van der Waals surface area contributed by atoms with Crippen molar-refractivity contribution in [3.63, 3.8) is 0 Å². The Kier molecular flexibility index (Phi) is 4.83. The summed E-state index contributed by atoms with van der Waals surface area (Å²) in [5.41, 5.74) is 0. The predicted octanol–water partition coefficient (Wildman–Crippen LogP) is 1.40. The standard InChI is InChI=1S/C14H29N3/c1-12-11-16(3)9-6-14(12)17-8-4-7-15-13(2)5-10-17/h12-15H,4-11H2,1-3H3. The van der Waals surface area contributed by atoms with Gasteiger partial charge in [0.25, 0.3) is 0 Å². The number of nitrogens with one attached hydrogen (secondary N) is 1. The molecule has 2 aliphatic rings. The smallest absolute Gasteiger partial charge is 0.0145 e. The fourth-order valence-electron chi connectivity index (χ4n) is 3.42. The Balaban J connectivity index is 1.90. The molecule has 2 saturated heterocycles. The molecule has 0 bridgehead atoms. The van der Waals surface area contributed by atoms with Crippen molar-refractivity contribution in [2.45, 2.75) is 45.2 Å². The largest absolute Gasteiger partial charge is 0.314 e. The predicted molar refractivity (Wildman–Crippen MR) is 73.3 cm³/mol. The van der Waals surface area contributed by atoms with Crippen molar-refractivity contribution in [3.05, 3.63) is 0 Å². The van der Waals surface area contributed by atoms with E-state index in [2.05, 4.69) is 36.0 Å². The second-order valence-electron chi connectivity index (χ2n) is 6.13.